The smallest absolute Gasteiger partial charge is 0.338 e. The van der Waals surface area contributed by atoms with Crippen LogP contribution >= 0.6 is 0 Å². The van der Waals surface area contributed by atoms with Crippen LogP contribution in [0.25, 0.3) is 0 Å². The highest BCUT2D eigenvalue weighted by molar-refractivity contribution is 7.89. The predicted molar refractivity (Wildman–Crippen MR) is 166 cm³/mol. The van der Waals surface area contributed by atoms with Gasteiger partial charge in [0.2, 0.25) is 8.32 Å². The van der Waals surface area contributed by atoms with E-state index in [1.807, 2.05) is 37.3 Å². The zero-order chi connectivity index (χ0) is 30.2. The number of hydrogen-bond acceptors (Lipinski definition) is 5. The number of rotatable bonds is 7. The van der Waals surface area contributed by atoms with E-state index in [2.05, 4.69) is 47.4 Å². The highest BCUT2D eigenvalue weighted by Crippen LogP contribution is 2.56. The molecule has 222 valence electrons. The number of hydrogen-bond donors (Lipinski definition) is 0. The summed E-state index contributed by atoms with van der Waals surface area (Å²) in [6, 6.07) is 15.9. The van der Waals surface area contributed by atoms with E-state index in [9.17, 15) is 13.2 Å². The molecule has 0 aromatic heterocycles. The molecule has 8 heteroatoms. The molecule has 0 saturated carbocycles. The fraction of sp³-hybridized carbons (Fsp3) is 0.485. The average molecular weight is 596 g/mol. The zero-order valence-electron chi connectivity index (χ0n) is 25.6. The van der Waals surface area contributed by atoms with Gasteiger partial charge in [0.15, 0.2) is 0 Å². The van der Waals surface area contributed by atoms with Gasteiger partial charge in [0.1, 0.15) is 0 Å². The first kappa shape index (κ1) is 31.1. The van der Waals surface area contributed by atoms with Crippen molar-refractivity contribution < 1.29 is 22.4 Å². The molecule has 2 aliphatic rings. The van der Waals surface area contributed by atoms with Crippen molar-refractivity contribution >= 4 is 24.3 Å². The van der Waals surface area contributed by atoms with E-state index in [-0.39, 0.29) is 22.5 Å². The number of carbonyl (C=O) groups is 1. The number of ether oxygens (including phenoxy) is 1. The number of nitrogens with zero attached hydrogens (tertiary/aromatic N) is 1. The Kier molecular flexibility index (Phi) is 8.68. The summed E-state index contributed by atoms with van der Waals surface area (Å²) in [5.74, 6) is 0.304. The number of sulfonamides is 1. The van der Waals surface area contributed by atoms with Crippen LogP contribution in [-0.2, 0) is 19.2 Å². The Balaban J connectivity index is 1.73. The van der Waals surface area contributed by atoms with Crippen molar-refractivity contribution in [3.63, 3.8) is 0 Å². The number of carbonyl (C=O) groups excluding carboxylic acids is 1. The third kappa shape index (κ3) is 6.05. The maximum absolute atomic E-state index is 13.9. The Labute approximate surface area is 247 Å². The summed E-state index contributed by atoms with van der Waals surface area (Å²) >= 11 is 0. The Hall–Kier alpha value is -2.84. The minimum Gasteiger partial charge on any atom is -0.547 e. The molecule has 0 radical (unpaired) electrons. The second-order valence-electron chi connectivity index (χ2n) is 13.1. The van der Waals surface area contributed by atoms with Gasteiger partial charge in [0.05, 0.1) is 22.8 Å². The van der Waals surface area contributed by atoms with Crippen molar-refractivity contribution in [3.05, 3.63) is 89.3 Å². The number of piperidine rings is 1. The molecule has 1 aliphatic heterocycles. The summed E-state index contributed by atoms with van der Waals surface area (Å²) in [6.45, 7) is 20.1. The van der Waals surface area contributed by atoms with E-state index in [4.69, 9.17) is 9.16 Å². The number of aryl methyl sites for hydroxylation is 1. The average Bonchev–Trinajstić information content (AvgIpc) is 2.91. The Morgan fingerprint density at radius 3 is 2.29 bits per heavy atom. The van der Waals surface area contributed by atoms with Crippen molar-refractivity contribution in [1.82, 2.24) is 4.31 Å². The first-order chi connectivity index (χ1) is 19.1. The van der Waals surface area contributed by atoms with Crippen molar-refractivity contribution in [2.24, 2.45) is 11.3 Å². The van der Waals surface area contributed by atoms with Gasteiger partial charge in [-0.1, -0.05) is 63.2 Å². The summed E-state index contributed by atoms with van der Waals surface area (Å²) in [6.07, 6.45) is 2.84. The standard InChI is InChI=1S/C33H45NO5SSi/c1-24-15-17-28(18-16-24)40(36,37)34-22-12-20-33(26(34)3)21-19-30(39-41(7,8)32(4,5)6)25(2)29(33)23-38-31(35)27-13-10-9-11-14-27/h9-11,13-18,29H,3,12,19-23H2,1-2,4-8H3. The van der Waals surface area contributed by atoms with Crippen LogP contribution in [0.5, 0.6) is 0 Å². The van der Waals surface area contributed by atoms with E-state index in [0.717, 1.165) is 23.3 Å². The Morgan fingerprint density at radius 1 is 1.05 bits per heavy atom. The lowest BCUT2D eigenvalue weighted by molar-refractivity contribution is 0.0226. The van der Waals surface area contributed by atoms with Gasteiger partial charge in [-0.05, 0) is 81.1 Å². The molecule has 2 aromatic rings. The fourth-order valence-corrected chi connectivity index (χ4v) is 8.58. The summed E-state index contributed by atoms with van der Waals surface area (Å²) < 4.78 is 42.1. The lowest BCUT2D eigenvalue weighted by Gasteiger charge is -2.52. The van der Waals surface area contributed by atoms with Gasteiger partial charge in [-0.2, -0.15) is 0 Å². The number of benzene rings is 2. The molecule has 2 unspecified atom stereocenters. The van der Waals surface area contributed by atoms with Gasteiger partial charge in [-0.15, -0.1) is 0 Å². The second-order valence-corrected chi connectivity index (χ2v) is 19.7. The molecule has 1 fully saturated rings. The maximum atomic E-state index is 13.9. The van der Waals surface area contributed by atoms with Crippen molar-refractivity contribution in [3.8, 4) is 0 Å². The normalized spacial score (nSPS) is 22.2. The van der Waals surface area contributed by atoms with Crippen LogP contribution in [-0.4, -0.2) is 40.2 Å². The molecule has 0 N–H and O–H groups in total. The fourth-order valence-electron chi connectivity index (χ4n) is 5.82. The molecule has 1 heterocycles. The van der Waals surface area contributed by atoms with Crippen LogP contribution in [0.15, 0.2) is 83.1 Å². The molecule has 1 aliphatic carbocycles. The zero-order valence-corrected chi connectivity index (χ0v) is 27.4. The van der Waals surface area contributed by atoms with Gasteiger partial charge < -0.3 is 9.16 Å². The number of allylic oxidation sites excluding steroid dienone is 2. The van der Waals surface area contributed by atoms with Crippen molar-refractivity contribution in [2.75, 3.05) is 13.2 Å². The van der Waals surface area contributed by atoms with Crippen molar-refractivity contribution in [1.29, 1.82) is 0 Å². The van der Waals surface area contributed by atoms with Gasteiger partial charge >= 0.3 is 5.97 Å². The quantitative estimate of drug-likeness (QED) is 0.241. The third-order valence-electron chi connectivity index (χ3n) is 9.47. The highest BCUT2D eigenvalue weighted by atomic mass is 32.2. The lowest BCUT2D eigenvalue weighted by atomic mass is 9.61. The van der Waals surface area contributed by atoms with E-state index in [1.54, 1.807) is 24.3 Å². The van der Waals surface area contributed by atoms with Crippen LogP contribution in [0.4, 0.5) is 0 Å². The molecule has 1 saturated heterocycles. The van der Waals surface area contributed by atoms with Gasteiger partial charge in [-0.3, -0.25) is 4.31 Å². The lowest BCUT2D eigenvalue weighted by Crippen LogP contribution is -2.50. The summed E-state index contributed by atoms with van der Waals surface area (Å²) in [4.78, 5) is 13.3. The van der Waals surface area contributed by atoms with Crippen LogP contribution in [0.3, 0.4) is 0 Å². The van der Waals surface area contributed by atoms with Crippen LogP contribution in [0, 0.1) is 18.3 Å². The monoisotopic (exact) mass is 595 g/mol. The third-order valence-corrected chi connectivity index (χ3v) is 15.7. The van der Waals surface area contributed by atoms with E-state index in [0.29, 0.717) is 37.1 Å². The molecule has 2 atom stereocenters. The molecular weight excluding hydrogens is 551 g/mol. The van der Waals surface area contributed by atoms with Gasteiger partial charge in [-0.25, -0.2) is 13.2 Å². The summed E-state index contributed by atoms with van der Waals surface area (Å²) in [5, 5.41) is 0.0258. The van der Waals surface area contributed by atoms with Crippen molar-refractivity contribution in [2.45, 2.75) is 83.3 Å². The maximum Gasteiger partial charge on any atom is 0.338 e. The van der Waals surface area contributed by atoms with Gasteiger partial charge in [0.25, 0.3) is 10.0 Å². The Bertz CT molecular complexity index is 1420. The van der Waals surface area contributed by atoms with Crippen LogP contribution in [0.1, 0.15) is 69.3 Å². The SMILES string of the molecule is C=C1N(S(=O)(=O)c2ccc(C)cc2)CCCC12CCC(O[Si](C)(C)C(C)(C)C)=C(C)C2COC(=O)c1ccccc1. The minimum atomic E-state index is -3.79. The summed E-state index contributed by atoms with van der Waals surface area (Å²) in [5.41, 5.74) is 2.52. The largest absolute Gasteiger partial charge is 0.547 e. The molecule has 0 bridgehead atoms. The molecule has 41 heavy (non-hydrogen) atoms. The van der Waals surface area contributed by atoms with Gasteiger partial charge in [0, 0.05) is 30.0 Å². The molecule has 4 rings (SSSR count). The molecule has 2 aromatic carbocycles. The molecular formula is C33H45NO5SSi. The first-order valence-corrected chi connectivity index (χ1v) is 18.8. The van der Waals surface area contributed by atoms with E-state index in [1.165, 1.54) is 4.31 Å². The predicted octanol–water partition coefficient (Wildman–Crippen LogP) is 7.84. The molecule has 1 spiro atoms. The Morgan fingerprint density at radius 2 is 1.68 bits per heavy atom. The first-order valence-electron chi connectivity index (χ1n) is 14.5. The summed E-state index contributed by atoms with van der Waals surface area (Å²) in [7, 11) is -5.92. The molecule has 0 amide bonds. The topological polar surface area (TPSA) is 72.9 Å². The van der Waals surface area contributed by atoms with Crippen LogP contribution < -0.4 is 0 Å². The van der Waals surface area contributed by atoms with E-state index >= 15 is 0 Å². The minimum absolute atomic E-state index is 0.0258. The van der Waals surface area contributed by atoms with E-state index < -0.39 is 29.7 Å². The molecule has 6 nitrogen and oxygen atoms in total. The number of esters is 1. The highest BCUT2D eigenvalue weighted by Gasteiger charge is 2.52. The van der Waals surface area contributed by atoms with Crippen LogP contribution in [0.2, 0.25) is 18.1 Å². The second kappa shape index (κ2) is 11.4.